The zero-order valence-corrected chi connectivity index (χ0v) is 14.7. The van der Waals surface area contributed by atoms with Crippen LogP contribution in [0.4, 0.5) is 0 Å². The van der Waals surface area contributed by atoms with Gasteiger partial charge in [-0.2, -0.15) is 10.5 Å². The summed E-state index contributed by atoms with van der Waals surface area (Å²) in [4.78, 5) is 2.45. The Labute approximate surface area is 147 Å². The fourth-order valence-electron chi connectivity index (χ4n) is 3.72. The number of nitrogens with one attached hydrogen (secondary N) is 1. The average Bonchev–Trinajstić information content (AvgIpc) is 3.07. The third-order valence-electron chi connectivity index (χ3n) is 4.93. The fraction of sp³-hybridized carbons (Fsp3) is 0.450. The number of nitriles is 2. The van der Waals surface area contributed by atoms with Gasteiger partial charge in [0.15, 0.2) is 0 Å². The summed E-state index contributed by atoms with van der Waals surface area (Å²) in [6.45, 7) is 2.19. The molecule has 3 rings (SSSR count). The second-order valence-electron chi connectivity index (χ2n) is 6.43. The van der Waals surface area contributed by atoms with Gasteiger partial charge >= 0.3 is 0 Å². The van der Waals surface area contributed by atoms with Crippen molar-refractivity contribution in [2.24, 2.45) is 11.8 Å². The van der Waals surface area contributed by atoms with Crippen LogP contribution in [0, 0.1) is 39.9 Å². The second-order valence-corrected chi connectivity index (χ2v) is 7.60. The van der Waals surface area contributed by atoms with Gasteiger partial charge in [0, 0.05) is 15.7 Å². The van der Waals surface area contributed by atoms with Crippen molar-refractivity contribution < 1.29 is 0 Å². The van der Waals surface area contributed by atoms with Crippen LogP contribution in [0.2, 0.25) is 0 Å². The van der Waals surface area contributed by atoms with Gasteiger partial charge in [-0.05, 0) is 55.4 Å². The number of rotatable bonds is 4. The van der Waals surface area contributed by atoms with E-state index in [1.807, 2.05) is 0 Å². The third-order valence-corrected chi connectivity index (χ3v) is 6.11. The summed E-state index contributed by atoms with van der Waals surface area (Å²) < 4.78 is 0. The molecule has 0 aliphatic heterocycles. The molecule has 1 heterocycles. The van der Waals surface area contributed by atoms with Gasteiger partial charge in [-0.15, -0.1) is 11.3 Å². The Bertz CT molecular complexity index is 798. The third kappa shape index (κ3) is 2.83. The molecule has 0 saturated carbocycles. The van der Waals surface area contributed by atoms with E-state index in [9.17, 15) is 10.5 Å². The van der Waals surface area contributed by atoms with Crippen LogP contribution in [0.5, 0.6) is 0 Å². The first-order chi connectivity index (χ1) is 11.7. The summed E-state index contributed by atoms with van der Waals surface area (Å²) in [5.74, 6) is -0.418. The molecule has 1 unspecified atom stereocenters. The van der Waals surface area contributed by atoms with E-state index in [-0.39, 0.29) is 11.6 Å². The first-order valence-corrected chi connectivity index (χ1v) is 9.44. The van der Waals surface area contributed by atoms with Crippen LogP contribution in [-0.2, 0) is 6.42 Å². The lowest BCUT2D eigenvalue weighted by Gasteiger charge is -2.34. The van der Waals surface area contributed by atoms with Gasteiger partial charge in [-0.25, -0.2) is 0 Å². The lowest BCUT2D eigenvalue weighted by molar-refractivity contribution is 0.580. The van der Waals surface area contributed by atoms with Crippen molar-refractivity contribution in [3.8, 4) is 12.1 Å². The zero-order valence-electron chi connectivity index (χ0n) is 13.9. The van der Waals surface area contributed by atoms with Crippen LogP contribution in [0.25, 0.3) is 5.57 Å². The highest BCUT2D eigenvalue weighted by atomic mass is 32.1. The van der Waals surface area contributed by atoms with Crippen molar-refractivity contribution in [2.75, 3.05) is 0 Å². The Morgan fingerprint density at radius 1 is 1.33 bits per heavy atom. The number of hydrogen-bond donors (Lipinski definition) is 1. The van der Waals surface area contributed by atoms with Crippen molar-refractivity contribution in [1.82, 2.24) is 0 Å². The number of aryl methyl sites for hydroxylation is 1. The minimum atomic E-state index is -0.548. The van der Waals surface area contributed by atoms with Crippen LogP contribution in [0.1, 0.15) is 48.8 Å². The lowest BCUT2D eigenvalue weighted by atomic mass is 9.68. The molecular weight excluding hydrogens is 314 g/mol. The van der Waals surface area contributed by atoms with E-state index in [0.717, 1.165) is 41.7 Å². The van der Waals surface area contributed by atoms with Gasteiger partial charge in [-0.3, -0.25) is 0 Å². The average molecular weight is 335 g/mol. The van der Waals surface area contributed by atoms with Gasteiger partial charge in [0.05, 0.1) is 17.4 Å². The molecule has 1 aromatic heterocycles. The molecule has 3 nitrogen and oxygen atoms in total. The number of thiophene rings is 1. The van der Waals surface area contributed by atoms with Crippen LogP contribution >= 0.6 is 11.3 Å². The molecule has 0 amide bonds. The van der Waals surface area contributed by atoms with E-state index < -0.39 is 5.92 Å². The highest BCUT2D eigenvalue weighted by molar-refractivity contribution is 7.13. The van der Waals surface area contributed by atoms with Crippen molar-refractivity contribution in [1.29, 1.82) is 15.9 Å². The summed E-state index contributed by atoms with van der Waals surface area (Å²) in [6.07, 6.45) is 8.57. The van der Waals surface area contributed by atoms with Crippen molar-refractivity contribution in [3.05, 3.63) is 39.1 Å². The Morgan fingerprint density at radius 3 is 2.88 bits per heavy atom. The summed E-state index contributed by atoms with van der Waals surface area (Å²) in [5, 5.41) is 27.6. The molecule has 4 heteroatoms. The highest BCUT2D eigenvalue weighted by Crippen LogP contribution is 2.47. The zero-order chi connectivity index (χ0) is 17.1. The van der Waals surface area contributed by atoms with E-state index in [2.05, 4.69) is 37.3 Å². The molecule has 1 N–H and O–H groups in total. The van der Waals surface area contributed by atoms with Gasteiger partial charge in [0.2, 0.25) is 0 Å². The highest BCUT2D eigenvalue weighted by Gasteiger charge is 2.39. The van der Waals surface area contributed by atoms with E-state index in [1.54, 1.807) is 11.3 Å². The largest absolute Gasteiger partial charge is 0.302 e. The molecule has 122 valence electrons. The molecule has 0 saturated heterocycles. The van der Waals surface area contributed by atoms with Gasteiger partial charge in [0.1, 0.15) is 12.0 Å². The molecule has 2 aliphatic carbocycles. The second kappa shape index (κ2) is 7.16. The number of allylic oxidation sites excluding steroid dienone is 4. The molecule has 0 radical (unpaired) electrons. The Hall–Kier alpha value is -2.17. The predicted octanol–water partition coefficient (Wildman–Crippen LogP) is 5.27. The Kier molecular flexibility index (Phi) is 4.97. The van der Waals surface area contributed by atoms with Crippen LogP contribution in [-0.4, -0.2) is 5.71 Å². The predicted molar refractivity (Wildman–Crippen MR) is 97.7 cm³/mol. The van der Waals surface area contributed by atoms with Crippen molar-refractivity contribution in [3.63, 3.8) is 0 Å². The van der Waals surface area contributed by atoms with E-state index in [0.29, 0.717) is 5.57 Å². The Morgan fingerprint density at radius 2 is 2.17 bits per heavy atom. The van der Waals surface area contributed by atoms with E-state index in [1.165, 1.54) is 17.7 Å². The first-order valence-electron chi connectivity index (χ1n) is 8.63. The number of nitrogens with zero attached hydrogens (tertiary/aromatic N) is 2. The molecule has 0 bridgehead atoms. The van der Waals surface area contributed by atoms with Crippen molar-refractivity contribution >= 4 is 22.6 Å². The number of fused-ring (bicyclic) bond motifs is 1. The quantitative estimate of drug-likeness (QED) is 0.762. The summed E-state index contributed by atoms with van der Waals surface area (Å²) in [5.41, 5.74) is 2.65. The van der Waals surface area contributed by atoms with E-state index in [4.69, 9.17) is 5.41 Å². The maximum absolute atomic E-state index is 9.67. The molecule has 24 heavy (non-hydrogen) atoms. The summed E-state index contributed by atoms with van der Waals surface area (Å²) in [6, 6.07) is 8.75. The van der Waals surface area contributed by atoms with Gasteiger partial charge in [0.25, 0.3) is 0 Å². The van der Waals surface area contributed by atoms with Gasteiger partial charge < -0.3 is 5.41 Å². The minimum absolute atomic E-state index is 0.129. The smallest absolute Gasteiger partial charge is 0.111 e. The summed E-state index contributed by atoms with van der Waals surface area (Å²) >= 11 is 1.75. The van der Waals surface area contributed by atoms with E-state index >= 15 is 0 Å². The number of unbranched alkanes of at least 4 members (excludes halogenated alkanes) is 1. The summed E-state index contributed by atoms with van der Waals surface area (Å²) in [7, 11) is 0. The first kappa shape index (κ1) is 16.7. The SMILES string of the molecule is CCCCc1ccc(C2=C(C#N)C(=N)C(C#N)C3=CCCC[C@@H]32)s1. The molecule has 2 atom stereocenters. The van der Waals surface area contributed by atoms with Crippen LogP contribution < -0.4 is 0 Å². The topological polar surface area (TPSA) is 71.4 Å². The fourth-order valence-corrected chi connectivity index (χ4v) is 4.88. The van der Waals surface area contributed by atoms with Crippen LogP contribution in [0.15, 0.2) is 29.4 Å². The maximum Gasteiger partial charge on any atom is 0.111 e. The molecule has 2 aliphatic rings. The number of hydrogen-bond acceptors (Lipinski definition) is 4. The van der Waals surface area contributed by atoms with Gasteiger partial charge in [-0.1, -0.05) is 19.4 Å². The lowest BCUT2D eigenvalue weighted by Crippen LogP contribution is -2.30. The van der Waals surface area contributed by atoms with Crippen molar-refractivity contribution in [2.45, 2.75) is 45.4 Å². The minimum Gasteiger partial charge on any atom is -0.302 e. The normalized spacial score (nSPS) is 23.3. The standard InChI is InChI=1S/C20H21N3S/c1-2-3-6-13-9-10-18(24-13)19-15-8-5-4-7-14(15)16(11-21)20(23)17(19)12-22/h7,9-10,15-16,23H,2-6,8H2,1H3/t15-,16?/m0/s1. The molecule has 0 fully saturated rings. The molecule has 0 spiro atoms. The maximum atomic E-state index is 9.67. The molecule has 0 aromatic carbocycles. The molecule has 1 aromatic rings. The van der Waals surface area contributed by atoms with Crippen LogP contribution in [0.3, 0.4) is 0 Å². The Balaban J connectivity index is 2.09. The monoisotopic (exact) mass is 335 g/mol. The molecular formula is C20H21N3S.